The zero-order valence-electron chi connectivity index (χ0n) is 14.3. The van der Waals surface area contributed by atoms with E-state index in [4.69, 9.17) is 0 Å². The molecule has 0 radical (unpaired) electrons. The summed E-state index contributed by atoms with van der Waals surface area (Å²) in [4.78, 5) is 17.8. The number of nitrogens with zero attached hydrogens (tertiary/aromatic N) is 4. The number of fused-ring (bicyclic) bond motifs is 1. The number of aromatic amines is 1. The van der Waals surface area contributed by atoms with Gasteiger partial charge in [0, 0.05) is 44.0 Å². The van der Waals surface area contributed by atoms with Crippen molar-refractivity contribution < 1.29 is 4.79 Å². The second-order valence-corrected chi connectivity index (χ2v) is 6.87. The molecule has 3 heterocycles. The number of piperidine rings is 1. The highest BCUT2D eigenvalue weighted by molar-refractivity contribution is 5.80. The lowest BCUT2D eigenvalue weighted by Crippen LogP contribution is -2.41. The number of rotatable bonds is 5. The van der Waals surface area contributed by atoms with Gasteiger partial charge in [-0.05, 0) is 54.3 Å². The van der Waals surface area contributed by atoms with Gasteiger partial charge < -0.3 is 9.88 Å². The molecule has 1 saturated heterocycles. The van der Waals surface area contributed by atoms with Crippen molar-refractivity contribution in [3.05, 3.63) is 48.4 Å². The Labute approximate surface area is 146 Å². The van der Waals surface area contributed by atoms with Gasteiger partial charge >= 0.3 is 0 Å². The molecule has 130 valence electrons. The molecule has 1 aromatic carbocycles. The van der Waals surface area contributed by atoms with Gasteiger partial charge in [0.15, 0.2) is 0 Å². The van der Waals surface area contributed by atoms with E-state index in [1.54, 1.807) is 6.20 Å². The van der Waals surface area contributed by atoms with Crippen molar-refractivity contribution in [2.75, 3.05) is 13.1 Å². The molecule has 6 nitrogen and oxygen atoms in total. The third kappa shape index (κ3) is 3.73. The molecule has 0 saturated carbocycles. The van der Waals surface area contributed by atoms with E-state index in [2.05, 4.69) is 39.6 Å². The number of nitrogens with one attached hydrogen (secondary N) is 1. The smallest absolute Gasteiger partial charge is 0.222 e. The van der Waals surface area contributed by atoms with Crippen LogP contribution in [0.25, 0.3) is 10.9 Å². The molecule has 4 rings (SSSR count). The summed E-state index contributed by atoms with van der Waals surface area (Å²) in [6, 6.07) is 8.43. The highest BCUT2D eigenvalue weighted by Gasteiger charge is 2.23. The largest absolute Gasteiger partial charge is 0.361 e. The molecule has 1 atom stereocenters. The fraction of sp³-hybridized carbons (Fsp3) is 0.421. The third-order valence-corrected chi connectivity index (χ3v) is 5.03. The Balaban J connectivity index is 1.32. The van der Waals surface area contributed by atoms with E-state index in [-0.39, 0.29) is 5.91 Å². The van der Waals surface area contributed by atoms with Crippen molar-refractivity contribution in [1.82, 2.24) is 24.9 Å². The molecule has 0 bridgehead atoms. The minimum Gasteiger partial charge on any atom is -0.361 e. The standard InChI is InChI=1S/C19H23N5O/c25-19(6-4-15-3-5-18-17(12-15)7-8-20-18)23-10-1-2-16(13-23)14-24-11-9-21-22-24/h3,5,7-9,11-12,16,20H,1-2,4,6,10,13-14H2. The Morgan fingerprint density at radius 3 is 3.16 bits per heavy atom. The van der Waals surface area contributed by atoms with E-state index in [1.807, 2.05) is 22.0 Å². The summed E-state index contributed by atoms with van der Waals surface area (Å²) in [6.07, 6.45) is 9.12. The topological polar surface area (TPSA) is 66.8 Å². The Morgan fingerprint density at radius 2 is 2.28 bits per heavy atom. The summed E-state index contributed by atoms with van der Waals surface area (Å²) in [7, 11) is 0. The van der Waals surface area contributed by atoms with E-state index in [0.717, 1.165) is 44.4 Å². The molecule has 1 unspecified atom stereocenters. The van der Waals surface area contributed by atoms with E-state index in [9.17, 15) is 4.79 Å². The van der Waals surface area contributed by atoms with Gasteiger partial charge in [0.1, 0.15) is 0 Å². The summed E-state index contributed by atoms with van der Waals surface area (Å²) < 4.78 is 1.87. The van der Waals surface area contributed by atoms with Crippen LogP contribution in [-0.2, 0) is 17.8 Å². The van der Waals surface area contributed by atoms with E-state index in [0.29, 0.717) is 12.3 Å². The zero-order valence-corrected chi connectivity index (χ0v) is 14.3. The Hall–Kier alpha value is -2.63. The Morgan fingerprint density at radius 1 is 1.32 bits per heavy atom. The van der Waals surface area contributed by atoms with Gasteiger partial charge in [0.05, 0.1) is 6.20 Å². The van der Waals surface area contributed by atoms with E-state index in [1.165, 1.54) is 10.9 Å². The molecule has 1 amide bonds. The molecule has 6 heteroatoms. The van der Waals surface area contributed by atoms with Gasteiger partial charge in [0.25, 0.3) is 0 Å². The molecule has 1 N–H and O–H groups in total. The molecule has 0 aliphatic carbocycles. The van der Waals surface area contributed by atoms with E-state index < -0.39 is 0 Å². The quantitative estimate of drug-likeness (QED) is 0.778. The van der Waals surface area contributed by atoms with Crippen LogP contribution in [0.1, 0.15) is 24.8 Å². The lowest BCUT2D eigenvalue weighted by molar-refractivity contribution is -0.133. The normalized spacial score (nSPS) is 17.9. The van der Waals surface area contributed by atoms with Crippen LogP contribution in [0.5, 0.6) is 0 Å². The highest BCUT2D eigenvalue weighted by atomic mass is 16.2. The number of carbonyl (C=O) groups is 1. The number of carbonyl (C=O) groups excluding carboxylic acids is 1. The number of H-pyrrole nitrogens is 1. The lowest BCUT2D eigenvalue weighted by atomic mass is 9.97. The first-order chi connectivity index (χ1) is 12.3. The van der Waals surface area contributed by atoms with Crippen LogP contribution in [0.4, 0.5) is 0 Å². The Bertz CT molecular complexity index is 839. The van der Waals surface area contributed by atoms with Crippen LogP contribution in [0.3, 0.4) is 0 Å². The van der Waals surface area contributed by atoms with Crippen LogP contribution in [-0.4, -0.2) is 43.9 Å². The Kier molecular flexibility index (Phi) is 4.50. The monoisotopic (exact) mass is 337 g/mol. The van der Waals surface area contributed by atoms with Crippen LogP contribution in [0, 0.1) is 5.92 Å². The molecule has 2 aromatic heterocycles. The first kappa shape index (κ1) is 15.9. The van der Waals surface area contributed by atoms with Crippen LogP contribution in [0.2, 0.25) is 0 Å². The fourth-order valence-electron chi connectivity index (χ4n) is 3.70. The van der Waals surface area contributed by atoms with Crippen LogP contribution >= 0.6 is 0 Å². The van der Waals surface area contributed by atoms with Crippen molar-refractivity contribution in [3.8, 4) is 0 Å². The van der Waals surface area contributed by atoms with E-state index >= 15 is 0 Å². The SMILES string of the molecule is O=C(CCc1ccc2[nH]ccc2c1)N1CCCC(Cn2ccnn2)C1. The van der Waals surface area contributed by atoms with Crippen molar-refractivity contribution in [2.45, 2.75) is 32.2 Å². The molecule has 25 heavy (non-hydrogen) atoms. The minimum absolute atomic E-state index is 0.262. The number of likely N-dealkylation sites (tertiary alicyclic amines) is 1. The first-order valence-electron chi connectivity index (χ1n) is 8.96. The molecule has 1 fully saturated rings. The predicted molar refractivity (Wildman–Crippen MR) is 95.9 cm³/mol. The number of benzene rings is 1. The second kappa shape index (κ2) is 7.09. The van der Waals surface area contributed by atoms with Gasteiger partial charge in [-0.1, -0.05) is 11.3 Å². The molecule has 0 spiro atoms. The van der Waals surface area contributed by atoms with Crippen molar-refractivity contribution in [1.29, 1.82) is 0 Å². The summed E-state index contributed by atoms with van der Waals surface area (Å²) in [5, 5.41) is 9.09. The number of amides is 1. The maximum atomic E-state index is 12.6. The predicted octanol–water partition coefficient (Wildman–Crippen LogP) is 2.63. The molecular weight excluding hydrogens is 314 g/mol. The number of hydrogen-bond acceptors (Lipinski definition) is 3. The van der Waals surface area contributed by atoms with Crippen molar-refractivity contribution in [3.63, 3.8) is 0 Å². The minimum atomic E-state index is 0.262. The van der Waals surface area contributed by atoms with Crippen molar-refractivity contribution in [2.24, 2.45) is 5.92 Å². The fourth-order valence-corrected chi connectivity index (χ4v) is 3.70. The third-order valence-electron chi connectivity index (χ3n) is 5.03. The summed E-state index contributed by atoms with van der Waals surface area (Å²) in [6.45, 7) is 2.55. The average Bonchev–Trinajstić information content (AvgIpc) is 3.31. The highest BCUT2D eigenvalue weighted by Crippen LogP contribution is 2.20. The van der Waals surface area contributed by atoms with Crippen LogP contribution < -0.4 is 0 Å². The zero-order chi connectivity index (χ0) is 17.1. The van der Waals surface area contributed by atoms with Gasteiger partial charge in [-0.2, -0.15) is 0 Å². The lowest BCUT2D eigenvalue weighted by Gasteiger charge is -2.32. The number of aromatic nitrogens is 4. The number of hydrogen-bond donors (Lipinski definition) is 1. The molecular formula is C19H23N5O. The van der Waals surface area contributed by atoms with Crippen molar-refractivity contribution >= 4 is 16.8 Å². The maximum absolute atomic E-state index is 12.6. The maximum Gasteiger partial charge on any atom is 0.222 e. The van der Waals surface area contributed by atoms with Gasteiger partial charge in [-0.15, -0.1) is 5.10 Å². The molecule has 3 aromatic rings. The second-order valence-electron chi connectivity index (χ2n) is 6.87. The summed E-state index contributed by atoms with van der Waals surface area (Å²) in [5.74, 6) is 0.730. The summed E-state index contributed by atoms with van der Waals surface area (Å²) >= 11 is 0. The first-order valence-corrected chi connectivity index (χ1v) is 8.96. The van der Waals surface area contributed by atoms with Gasteiger partial charge in [0.2, 0.25) is 5.91 Å². The van der Waals surface area contributed by atoms with Crippen LogP contribution in [0.15, 0.2) is 42.9 Å². The molecule has 1 aliphatic heterocycles. The van der Waals surface area contributed by atoms with Gasteiger partial charge in [-0.3, -0.25) is 9.48 Å². The molecule has 1 aliphatic rings. The average molecular weight is 337 g/mol. The number of aryl methyl sites for hydroxylation is 1. The van der Waals surface area contributed by atoms with Gasteiger partial charge in [-0.25, -0.2) is 0 Å². The summed E-state index contributed by atoms with van der Waals surface area (Å²) in [5.41, 5.74) is 2.36.